The summed E-state index contributed by atoms with van der Waals surface area (Å²) in [6.07, 6.45) is 1.34. The highest BCUT2D eigenvalue weighted by Gasteiger charge is 2.26. The van der Waals surface area contributed by atoms with Crippen LogP contribution in [0.25, 0.3) is 5.69 Å². The zero-order valence-electron chi connectivity index (χ0n) is 16.6. The number of carbonyl (C=O) groups excluding carboxylic acids is 2. The number of thiophene rings is 1. The first kappa shape index (κ1) is 22.0. The van der Waals surface area contributed by atoms with Gasteiger partial charge in [0.2, 0.25) is 10.0 Å². The normalized spacial score (nSPS) is 14.8. The second-order valence-electron chi connectivity index (χ2n) is 6.56. The lowest BCUT2D eigenvalue weighted by atomic mass is 10.3. The number of morpholine rings is 1. The van der Waals surface area contributed by atoms with Gasteiger partial charge < -0.3 is 14.8 Å². The third-order valence-electron chi connectivity index (χ3n) is 4.49. The number of esters is 1. The number of anilines is 1. The molecule has 3 heterocycles. The summed E-state index contributed by atoms with van der Waals surface area (Å²) in [7, 11) is -3.70. The molecule has 12 nitrogen and oxygen atoms in total. The molecule has 1 aliphatic heterocycles. The maximum absolute atomic E-state index is 12.8. The van der Waals surface area contributed by atoms with E-state index in [1.54, 1.807) is 17.5 Å². The van der Waals surface area contributed by atoms with Crippen LogP contribution in [0.2, 0.25) is 0 Å². The van der Waals surface area contributed by atoms with E-state index in [0.29, 0.717) is 18.9 Å². The van der Waals surface area contributed by atoms with E-state index in [-0.39, 0.29) is 28.5 Å². The summed E-state index contributed by atoms with van der Waals surface area (Å²) in [5.41, 5.74) is 0.706. The number of hydrogen-bond donors (Lipinski definition) is 1. The Morgan fingerprint density at radius 3 is 2.78 bits per heavy atom. The van der Waals surface area contributed by atoms with Crippen LogP contribution in [0.5, 0.6) is 0 Å². The van der Waals surface area contributed by atoms with Crippen LogP contribution in [-0.4, -0.2) is 77.7 Å². The van der Waals surface area contributed by atoms with Gasteiger partial charge in [0, 0.05) is 18.8 Å². The van der Waals surface area contributed by atoms with E-state index in [1.807, 2.05) is 0 Å². The number of tetrazole rings is 1. The van der Waals surface area contributed by atoms with Crippen molar-refractivity contribution in [3.8, 4) is 5.69 Å². The molecule has 0 spiro atoms. The molecule has 0 radical (unpaired) electrons. The molecule has 1 fully saturated rings. The SMILES string of the molecule is O=C(COC(=O)c1sccc1-n1cnnn1)Nc1cccc(S(=O)(=O)N2CCOCC2)c1. The van der Waals surface area contributed by atoms with E-state index in [1.165, 1.54) is 33.5 Å². The molecule has 0 saturated carbocycles. The van der Waals surface area contributed by atoms with Gasteiger partial charge >= 0.3 is 5.97 Å². The molecule has 168 valence electrons. The summed E-state index contributed by atoms with van der Waals surface area (Å²) in [6.45, 7) is 0.654. The minimum atomic E-state index is -3.70. The number of amides is 1. The van der Waals surface area contributed by atoms with E-state index in [0.717, 1.165) is 11.3 Å². The fourth-order valence-electron chi connectivity index (χ4n) is 2.97. The molecule has 1 aliphatic rings. The third-order valence-corrected chi connectivity index (χ3v) is 7.26. The van der Waals surface area contributed by atoms with Gasteiger partial charge in [-0.2, -0.15) is 8.99 Å². The number of benzene rings is 1. The quantitative estimate of drug-likeness (QED) is 0.481. The van der Waals surface area contributed by atoms with Gasteiger partial charge in [0.15, 0.2) is 6.61 Å². The van der Waals surface area contributed by atoms with Crippen molar-refractivity contribution in [1.82, 2.24) is 24.5 Å². The summed E-state index contributed by atoms with van der Waals surface area (Å²) < 4.78 is 38.5. The molecule has 0 aliphatic carbocycles. The van der Waals surface area contributed by atoms with Crippen molar-refractivity contribution in [3.05, 3.63) is 46.9 Å². The van der Waals surface area contributed by atoms with E-state index >= 15 is 0 Å². The molecule has 1 N–H and O–H groups in total. The van der Waals surface area contributed by atoms with Crippen LogP contribution in [0.3, 0.4) is 0 Å². The monoisotopic (exact) mass is 478 g/mol. The zero-order chi connectivity index (χ0) is 22.6. The lowest BCUT2D eigenvalue weighted by Gasteiger charge is -2.26. The lowest BCUT2D eigenvalue weighted by Crippen LogP contribution is -2.40. The summed E-state index contributed by atoms with van der Waals surface area (Å²) in [5.74, 6) is -1.32. The first-order valence-corrected chi connectivity index (χ1v) is 11.7. The Bertz CT molecular complexity index is 1200. The summed E-state index contributed by atoms with van der Waals surface area (Å²) in [6, 6.07) is 7.54. The van der Waals surface area contributed by atoms with E-state index in [2.05, 4.69) is 20.8 Å². The van der Waals surface area contributed by atoms with Crippen molar-refractivity contribution < 1.29 is 27.5 Å². The Morgan fingerprint density at radius 1 is 1.22 bits per heavy atom. The Hall–Kier alpha value is -3.20. The second kappa shape index (κ2) is 9.52. The number of rotatable bonds is 7. The van der Waals surface area contributed by atoms with Crippen molar-refractivity contribution in [2.45, 2.75) is 4.90 Å². The smallest absolute Gasteiger partial charge is 0.351 e. The average molecular weight is 479 g/mol. The number of carbonyl (C=O) groups is 2. The molecule has 0 bridgehead atoms. The van der Waals surface area contributed by atoms with Gasteiger partial charge in [0.05, 0.1) is 23.8 Å². The highest BCUT2D eigenvalue weighted by molar-refractivity contribution is 7.89. The van der Waals surface area contributed by atoms with Gasteiger partial charge in [-0.3, -0.25) is 4.79 Å². The lowest BCUT2D eigenvalue weighted by molar-refractivity contribution is -0.119. The first-order valence-electron chi connectivity index (χ1n) is 9.41. The molecular formula is C18H18N6O6S2. The summed E-state index contributed by atoms with van der Waals surface area (Å²) >= 11 is 1.13. The Labute approximate surface area is 186 Å². The molecule has 14 heteroatoms. The van der Waals surface area contributed by atoms with Gasteiger partial charge in [0.25, 0.3) is 5.91 Å². The number of aromatic nitrogens is 4. The molecule has 1 aromatic carbocycles. The Balaban J connectivity index is 1.37. The summed E-state index contributed by atoms with van der Waals surface area (Å²) in [4.78, 5) is 24.9. The van der Waals surface area contributed by atoms with Crippen LogP contribution in [0.4, 0.5) is 5.69 Å². The van der Waals surface area contributed by atoms with Crippen LogP contribution in [0, 0.1) is 0 Å². The largest absolute Gasteiger partial charge is 0.451 e. The van der Waals surface area contributed by atoms with Crippen molar-refractivity contribution >= 4 is 38.9 Å². The maximum Gasteiger partial charge on any atom is 0.351 e. The van der Waals surface area contributed by atoms with Crippen LogP contribution < -0.4 is 5.32 Å². The fraction of sp³-hybridized carbons (Fsp3) is 0.278. The van der Waals surface area contributed by atoms with E-state index < -0.39 is 28.5 Å². The number of hydrogen-bond acceptors (Lipinski definition) is 10. The Kier molecular flexibility index (Phi) is 6.55. The van der Waals surface area contributed by atoms with Gasteiger partial charge in [-0.25, -0.2) is 13.2 Å². The molecule has 0 unspecified atom stereocenters. The van der Waals surface area contributed by atoms with Crippen molar-refractivity contribution in [2.24, 2.45) is 0 Å². The number of ether oxygens (including phenoxy) is 2. The first-order chi connectivity index (χ1) is 15.4. The number of sulfonamides is 1. The highest BCUT2D eigenvalue weighted by atomic mass is 32.2. The van der Waals surface area contributed by atoms with Crippen molar-refractivity contribution in [3.63, 3.8) is 0 Å². The van der Waals surface area contributed by atoms with Crippen molar-refractivity contribution in [1.29, 1.82) is 0 Å². The zero-order valence-corrected chi connectivity index (χ0v) is 18.2. The van der Waals surface area contributed by atoms with Gasteiger partial charge in [0.1, 0.15) is 11.2 Å². The predicted octanol–water partition coefficient (Wildman–Crippen LogP) is 0.540. The Morgan fingerprint density at radius 2 is 2.03 bits per heavy atom. The maximum atomic E-state index is 12.8. The molecule has 1 amide bonds. The second-order valence-corrected chi connectivity index (χ2v) is 9.41. The number of nitrogens with one attached hydrogen (secondary N) is 1. The van der Waals surface area contributed by atoms with Crippen LogP contribution in [-0.2, 0) is 24.3 Å². The minimum Gasteiger partial charge on any atom is -0.451 e. The van der Waals surface area contributed by atoms with E-state index in [9.17, 15) is 18.0 Å². The summed E-state index contributed by atoms with van der Waals surface area (Å²) in [5, 5.41) is 15.0. The van der Waals surface area contributed by atoms with Crippen LogP contribution in [0.15, 0.2) is 46.9 Å². The molecule has 2 aromatic heterocycles. The third kappa shape index (κ3) is 4.83. The average Bonchev–Trinajstić information content (AvgIpc) is 3.50. The molecular weight excluding hydrogens is 460 g/mol. The molecule has 3 aromatic rings. The number of nitrogens with zero attached hydrogens (tertiary/aromatic N) is 5. The van der Waals surface area contributed by atoms with Crippen LogP contribution >= 0.6 is 11.3 Å². The standard InChI is InChI=1S/C18H18N6O6S2/c25-16(11-30-18(26)17-15(4-9-31-17)24-12-19-21-22-24)20-13-2-1-3-14(10-13)32(27,28)23-5-7-29-8-6-23/h1-4,9-10,12H,5-8,11H2,(H,20,25). The fourth-order valence-corrected chi connectivity index (χ4v) is 5.20. The molecule has 1 saturated heterocycles. The van der Waals surface area contributed by atoms with E-state index in [4.69, 9.17) is 9.47 Å². The van der Waals surface area contributed by atoms with Crippen LogP contribution in [0.1, 0.15) is 9.67 Å². The molecule has 32 heavy (non-hydrogen) atoms. The van der Waals surface area contributed by atoms with Gasteiger partial charge in [-0.15, -0.1) is 16.4 Å². The van der Waals surface area contributed by atoms with Gasteiger partial charge in [-0.1, -0.05) is 6.07 Å². The highest BCUT2D eigenvalue weighted by Crippen LogP contribution is 2.22. The minimum absolute atomic E-state index is 0.0545. The molecule has 0 atom stereocenters. The predicted molar refractivity (Wildman–Crippen MR) is 112 cm³/mol. The molecule has 4 rings (SSSR count). The topological polar surface area (TPSA) is 146 Å². The van der Waals surface area contributed by atoms with Crippen molar-refractivity contribution in [2.75, 3.05) is 38.2 Å². The van der Waals surface area contributed by atoms with Gasteiger partial charge in [-0.05, 0) is 40.1 Å².